The van der Waals surface area contributed by atoms with Gasteiger partial charge in [-0.25, -0.2) is 28.1 Å². The maximum absolute atomic E-state index is 13.1. The van der Waals surface area contributed by atoms with Crippen LogP contribution >= 0.6 is 0 Å². The minimum atomic E-state index is -3.97. The Morgan fingerprint density at radius 3 is 2.47 bits per heavy atom. The summed E-state index contributed by atoms with van der Waals surface area (Å²) >= 11 is 0. The summed E-state index contributed by atoms with van der Waals surface area (Å²) in [6.07, 6.45) is 1.69. The fourth-order valence-electron chi connectivity index (χ4n) is 3.72. The number of hydrogen-bond acceptors (Lipinski definition) is 8. The summed E-state index contributed by atoms with van der Waals surface area (Å²) in [6, 6.07) is 22.1. The van der Waals surface area contributed by atoms with Crippen LogP contribution in [0, 0.1) is 0 Å². The van der Waals surface area contributed by atoms with Crippen molar-refractivity contribution in [1.82, 2.24) is 19.7 Å². The van der Waals surface area contributed by atoms with E-state index in [-0.39, 0.29) is 18.0 Å². The quantitative estimate of drug-likeness (QED) is 0.248. The lowest BCUT2D eigenvalue weighted by molar-refractivity contribution is -0.134. The van der Waals surface area contributed by atoms with Gasteiger partial charge in [-0.1, -0.05) is 42.5 Å². The highest BCUT2D eigenvalue weighted by Crippen LogP contribution is 2.24. The van der Waals surface area contributed by atoms with Gasteiger partial charge in [0.15, 0.2) is 5.03 Å². The number of aliphatic carboxylic acids is 1. The molecule has 0 amide bonds. The fraction of sp³-hybridized carbons (Fsp3) is 0.185. The largest absolute Gasteiger partial charge is 0.480 e. The van der Waals surface area contributed by atoms with Gasteiger partial charge < -0.3 is 15.2 Å². The SMILES string of the molecule is CCOc1cccc(-c2ccc(CC(NS(=O)(=O)c3ccccn3)c3cccc(NCC(=O)O)n3)cc2)n1. The molecule has 0 aliphatic carbocycles. The van der Waals surface area contributed by atoms with Crippen LogP contribution in [0.3, 0.4) is 0 Å². The minimum Gasteiger partial charge on any atom is -0.480 e. The lowest BCUT2D eigenvalue weighted by Crippen LogP contribution is -2.31. The third kappa shape index (κ3) is 7.11. The highest BCUT2D eigenvalue weighted by Gasteiger charge is 2.24. The van der Waals surface area contributed by atoms with Crippen molar-refractivity contribution in [3.8, 4) is 17.1 Å². The first-order valence-corrected chi connectivity index (χ1v) is 13.4. The average molecular weight is 534 g/mol. The monoisotopic (exact) mass is 533 g/mol. The molecule has 0 saturated carbocycles. The van der Waals surface area contributed by atoms with E-state index < -0.39 is 22.0 Å². The first kappa shape index (κ1) is 26.7. The normalized spacial score (nSPS) is 12.0. The number of carbonyl (C=O) groups is 1. The lowest BCUT2D eigenvalue weighted by atomic mass is 10.0. The molecule has 4 rings (SSSR count). The number of sulfonamides is 1. The van der Waals surface area contributed by atoms with Crippen LogP contribution < -0.4 is 14.8 Å². The van der Waals surface area contributed by atoms with Crippen LogP contribution in [0.15, 0.2) is 90.1 Å². The first-order chi connectivity index (χ1) is 18.3. The van der Waals surface area contributed by atoms with E-state index in [0.717, 1.165) is 16.8 Å². The number of rotatable bonds is 12. The molecule has 3 heterocycles. The van der Waals surface area contributed by atoms with Gasteiger partial charge >= 0.3 is 5.97 Å². The molecule has 10 nitrogen and oxygen atoms in total. The molecule has 0 aliphatic rings. The average Bonchev–Trinajstić information content (AvgIpc) is 2.93. The number of nitrogens with one attached hydrogen (secondary N) is 2. The molecule has 0 fully saturated rings. The van der Waals surface area contributed by atoms with Crippen molar-refractivity contribution in [3.63, 3.8) is 0 Å². The summed E-state index contributed by atoms with van der Waals surface area (Å²) in [5, 5.41) is 11.6. The fourth-order valence-corrected chi connectivity index (χ4v) is 4.88. The zero-order valence-corrected chi connectivity index (χ0v) is 21.4. The molecule has 0 aliphatic heterocycles. The second-order valence-electron chi connectivity index (χ2n) is 8.23. The van der Waals surface area contributed by atoms with Crippen LogP contribution in [0.4, 0.5) is 5.82 Å². The van der Waals surface area contributed by atoms with E-state index in [4.69, 9.17) is 9.84 Å². The number of benzene rings is 1. The number of ether oxygens (including phenoxy) is 1. The number of nitrogens with zero attached hydrogens (tertiary/aromatic N) is 3. The standard InChI is InChI=1S/C27H27N5O5S/c1-2-37-25-10-6-7-21(31-25)20-14-12-19(13-15-20)17-23(32-38(35,36)26-11-3-4-16-28-26)22-8-5-9-24(30-22)29-18-27(33)34/h3-16,23,32H,2,17-18H2,1H3,(H,29,30)(H,33,34). The number of hydrogen-bond donors (Lipinski definition) is 3. The van der Waals surface area contributed by atoms with E-state index in [1.807, 2.05) is 43.3 Å². The number of carboxylic acid groups (broad SMARTS) is 1. The minimum absolute atomic E-state index is 0.110. The summed E-state index contributed by atoms with van der Waals surface area (Å²) in [5.74, 6) is -0.172. The smallest absolute Gasteiger partial charge is 0.322 e. The number of pyridine rings is 3. The maximum atomic E-state index is 13.1. The van der Waals surface area contributed by atoms with Gasteiger partial charge in [0, 0.05) is 17.8 Å². The second-order valence-corrected chi connectivity index (χ2v) is 9.89. The Labute approximate surface area is 220 Å². The van der Waals surface area contributed by atoms with Crippen LogP contribution in [0.25, 0.3) is 11.3 Å². The van der Waals surface area contributed by atoms with E-state index in [9.17, 15) is 13.2 Å². The van der Waals surface area contributed by atoms with E-state index in [1.165, 1.54) is 12.3 Å². The summed E-state index contributed by atoms with van der Waals surface area (Å²) in [6.45, 7) is 2.10. The molecule has 196 valence electrons. The Morgan fingerprint density at radius 1 is 0.974 bits per heavy atom. The highest BCUT2D eigenvalue weighted by atomic mass is 32.2. The van der Waals surface area contributed by atoms with Gasteiger partial charge in [-0.05, 0) is 49.2 Å². The molecule has 1 aromatic carbocycles. The molecule has 1 unspecified atom stereocenters. The zero-order chi connectivity index (χ0) is 27.0. The second kappa shape index (κ2) is 12.3. The maximum Gasteiger partial charge on any atom is 0.322 e. The molecule has 4 aromatic rings. The molecule has 3 aromatic heterocycles. The molecule has 1 atom stereocenters. The molecule has 0 spiro atoms. The lowest BCUT2D eigenvalue weighted by Gasteiger charge is -2.19. The number of carboxylic acids is 1. The Bertz CT molecular complexity index is 1480. The van der Waals surface area contributed by atoms with Gasteiger partial charge in [0.05, 0.1) is 24.0 Å². The van der Waals surface area contributed by atoms with Crippen molar-refractivity contribution in [2.45, 2.75) is 24.4 Å². The molecular formula is C27H27N5O5S. The third-order valence-electron chi connectivity index (χ3n) is 5.46. The van der Waals surface area contributed by atoms with Crippen LogP contribution in [0.1, 0.15) is 24.2 Å². The highest BCUT2D eigenvalue weighted by molar-refractivity contribution is 7.89. The van der Waals surface area contributed by atoms with Crippen LogP contribution in [-0.2, 0) is 21.2 Å². The first-order valence-electron chi connectivity index (χ1n) is 11.9. The Balaban J connectivity index is 1.61. The van der Waals surface area contributed by atoms with Crippen LogP contribution in [0.5, 0.6) is 5.88 Å². The van der Waals surface area contributed by atoms with Gasteiger partial charge in [-0.3, -0.25) is 4.79 Å². The topological polar surface area (TPSA) is 143 Å². The van der Waals surface area contributed by atoms with Crippen molar-refractivity contribution in [2.75, 3.05) is 18.5 Å². The summed E-state index contributed by atoms with van der Waals surface area (Å²) in [5.41, 5.74) is 2.93. The van der Waals surface area contributed by atoms with E-state index >= 15 is 0 Å². The molecular weight excluding hydrogens is 506 g/mol. The molecule has 0 radical (unpaired) electrons. The van der Waals surface area contributed by atoms with Gasteiger partial charge in [-0.15, -0.1) is 0 Å². The molecule has 0 bridgehead atoms. The molecule has 11 heteroatoms. The third-order valence-corrected chi connectivity index (χ3v) is 6.85. The molecule has 38 heavy (non-hydrogen) atoms. The Kier molecular flexibility index (Phi) is 8.62. The van der Waals surface area contributed by atoms with E-state index in [2.05, 4.69) is 25.0 Å². The summed E-state index contributed by atoms with van der Waals surface area (Å²) in [7, 11) is -3.97. The molecule has 0 saturated heterocycles. The number of aromatic nitrogens is 3. The summed E-state index contributed by atoms with van der Waals surface area (Å²) in [4.78, 5) is 23.9. The van der Waals surface area contributed by atoms with Crippen molar-refractivity contribution < 1.29 is 23.1 Å². The van der Waals surface area contributed by atoms with Crippen molar-refractivity contribution in [2.24, 2.45) is 0 Å². The van der Waals surface area contributed by atoms with Gasteiger partial charge in [-0.2, -0.15) is 0 Å². The van der Waals surface area contributed by atoms with Crippen LogP contribution in [-0.4, -0.2) is 47.6 Å². The van der Waals surface area contributed by atoms with Crippen LogP contribution in [0.2, 0.25) is 0 Å². The predicted molar refractivity (Wildman–Crippen MR) is 142 cm³/mol. The zero-order valence-electron chi connectivity index (χ0n) is 20.6. The van der Waals surface area contributed by atoms with Gasteiger partial charge in [0.1, 0.15) is 12.4 Å². The predicted octanol–water partition coefficient (Wildman–Crippen LogP) is 3.70. The summed E-state index contributed by atoms with van der Waals surface area (Å²) < 4.78 is 34.4. The van der Waals surface area contributed by atoms with Crippen molar-refractivity contribution in [1.29, 1.82) is 0 Å². The van der Waals surface area contributed by atoms with Crippen molar-refractivity contribution >= 4 is 21.8 Å². The molecule has 3 N–H and O–H groups in total. The van der Waals surface area contributed by atoms with E-state index in [0.29, 0.717) is 24.0 Å². The van der Waals surface area contributed by atoms with Crippen molar-refractivity contribution in [3.05, 3.63) is 96.3 Å². The van der Waals surface area contributed by atoms with Gasteiger partial charge in [0.25, 0.3) is 10.0 Å². The Morgan fingerprint density at radius 2 is 1.76 bits per heavy atom. The van der Waals surface area contributed by atoms with E-state index in [1.54, 1.807) is 36.4 Å². The number of anilines is 1. The Hall–Kier alpha value is -4.35. The van der Waals surface area contributed by atoms with Gasteiger partial charge in [0.2, 0.25) is 5.88 Å².